The van der Waals surface area contributed by atoms with Crippen LogP contribution in [-0.2, 0) is 0 Å². The second kappa shape index (κ2) is 6.20. The van der Waals surface area contributed by atoms with Gasteiger partial charge in [0.2, 0.25) is 5.88 Å². The van der Waals surface area contributed by atoms with Gasteiger partial charge in [-0.05, 0) is 22.0 Å². The maximum Gasteiger partial charge on any atom is 0.224 e. The normalized spacial score (nSPS) is 10.4. The maximum absolute atomic E-state index is 6.04. The molecular weight excluding hydrogens is 354 g/mol. The third-order valence-electron chi connectivity index (χ3n) is 2.61. The van der Waals surface area contributed by atoms with Crippen LogP contribution in [-0.4, -0.2) is 15.0 Å². The molecule has 0 aliphatic carbocycles. The Balaban J connectivity index is 1.95. The predicted octanol–water partition coefficient (Wildman–Crippen LogP) is 4.75. The van der Waals surface area contributed by atoms with Gasteiger partial charge in [-0.15, -0.1) is 0 Å². The lowest BCUT2D eigenvalue weighted by Gasteiger charge is -2.07. The SMILES string of the molecule is Clc1cc(Oc2cncc(Br)c2)nc(-c2ccccc2)n1. The number of ether oxygens (including phenoxy) is 1. The van der Waals surface area contributed by atoms with E-state index in [1.165, 1.54) is 0 Å². The van der Waals surface area contributed by atoms with E-state index in [1.807, 2.05) is 30.3 Å². The molecule has 0 aliphatic rings. The molecule has 0 saturated carbocycles. The Morgan fingerprint density at radius 1 is 1.00 bits per heavy atom. The van der Waals surface area contributed by atoms with Crippen molar-refractivity contribution in [3.63, 3.8) is 0 Å². The number of benzene rings is 1. The molecule has 104 valence electrons. The Kier molecular flexibility index (Phi) is 4.13. The van der Waals surface area contributed by atoms with Crippen molar-refractivity contribution in [2.45, 2.75) is 0 Å². The minimum Gasteiger partial charge on any atom is -0.437 e. The van der Waals surface area contributed by atoms with Gasteiger partial charge >= 0.3 is 0 Å². The Labute approximate surface area is 134 Å². The van der Waals surface area contributed by atoms with Crippen LogP contribution in [0.25, 0.3) is 11.4 Å². The Morgan fingerprint density at radius 3 is 2.57 bits per heavy atom. The average Bonchev–Trinajstić information content (AvgIpc) is 2.47. The minimum absolute atomic E-state index is 0.321. The standard InChI is InChI=1S/C15H9BrClN3O/c16-11-6-12(9-18-8-11)21-14-7-13(17)19-15(20-14)10-4-2-1-3-5-10/h1-9H. The summed E-state index contributed by atoms with van der Waals surface area (Å²) in [5.41, 5.74) is 0.872. The summed E-state index contributed by atoms with van der Waals surface area (Å²) < 4.78 is 6.50. The third-order valence-corrected chi connectivity index (χ3v) is 3.23. The van der Waals surface area contributed by atoms with Crippen molar-refractivity contribution in [2.75, 3.05) is 0 Å². The van der Waals surface area contributed by atoms with Crippen LogP contribution < -0.4 is 4.74 Å². The van der Waals surface area contributed by atoms with Gasteiger partial charge in [-0.1, -0.05) is 41.9 Å². The molecule has 1 aromatic carbocycles. The third kappa shape index (κ3) is 3.56. The van der Waals surface area contributed by atoms with Crippen LogP contribution in [0.1, 0.15) is 0 Å². The zero-order chi connectivity index (χ0) is 14.7. The molecule has 0 N–H and O–H groups in total. The summed E-state index contributed by atoms with van der Waals surface area (Å²) in [7, 11) is 0. The van der Waals surface area contributed by atoms with Gasteiger partial charge in [0.1, 0.15) is 10.9 Å². The van der Waals surface area contributed by atoms with E-state index < -0.39 is 0 Å². The molecule has 2 heterocycles. The molecule has 0 atom stereocenters. The van der Waals surface area contributed by atoms with Gasteiger partial charge in [0.25, 0.3) is 0 Å². The van der Waals surface area contributed by atoms with E-state index in [1.54, 1.807) is 24.5 Å². The second-order valence-corrected chi connectivity index (χ2v) is 5.46. The zero-order valence-electron chi connectivity index (χ0n) is 10.7. The van der Waals surface area contributed by atoms with Crippen LogP contribution in [0.2, 0.25) is 5.15 Å². The number of pyridine rings is 1. The molecule has 3 rings (SSSR count). The van der Waals surface area contributed by atoms with Crippen LogP contribution in [0.5, 0.6) is 11.6 Å². The molecule has 21 heavy (non-hydrogen) atoms. The molecule has 0 fully saturated rings. The highest BCUT2D eigenvalue weighted by molar-refractivity contribution is 9.10. The first-order valence-corrected chi connectivity index (χ1v) is 7.26. The van der Waals surface area contributed by atoms with E-state index >= 15 is 0 Å². The van der Waals surface area contributed by atoms with Gasteiger partial charge in [-0.2, -0.15) is 4.98 Å². The summed E-state index contributed by atoms with van der Waals surface area (Å²) in [6.45, 7) is 0. The summed E-state index contributed by atoms with van der Waals surface area (Å²) in [6.07, 6.45) is 3.28. The Morgan fingerprint density at radius 2 is 1.81 bits per heavy atom. The molecule has 3 aromatic rings. The van der Waals surface area contributed by atoms with Crippen LogP contribution in [0, 0.1) is 0 Å². The van der Waals surface area contributed by atoms with E-state index in [-0.39, 0.29) is 0 Å². The number of rotatable bonds is 3. The minimum atomic E-state index is 0.321. The van der Waals surface area contributed by atoms with Crippen LogP contribution in [0.3, 0.4) is 0 Å². The van der Waals surface area contributed by atoms with Crippen LogP contribution >= 0.6 is 27.5 Å². The van der Waals surface area contributed by atoms with Crippen LogP contribution in [0.15, 0.2) is 59.3 Å². The fraction of sp³-hybridized carbons (Fsp3) is 0. The molecule has 0 unspecified atom stereocenters. The first-order chi connectivity index (χ1) is 10.2. The summed E-state index contributed by atoms with van der Waals surface area (Å²) in [5, 5.41) is 0.321. The summed E-state index contributed by atoms with van der Waals surface area (Å²) in [5.74, 6) is 1.45. The zero-order valence-corrected chi connectivity index (χ0v) is 13.0. The first kappa shape index (κ1) is 14.0. The van der Waals surface area contributed by atoms with E-state index in [9.17, 15) is 0 Å². The predicted molar refractivity (Wildman–Crippen MR) is 84.5 cm³/mol. The fourth-order valence-corrected chi connectivity index (χ4v) is 2.25. The van der Waals surface area contributed by atoms with Gasteiger partial charge in [0, 0.05) is 22.3 Å². The average molecular weight is 363 g/mol. The molecule has 6 heteroatoms. The number of aromatic nitrogens is 3. The first-order valence-electron chi connectivity index (χ1n) is 6.09. The molecule has 0 saturated heterocycles. The Bertz CT molecular complexity index is 768. The molecule has 0 radical (unpaired) electrons. The smallest absolute Gasteiger partial charge is 0.224 e. The van der Waals surface area contributed by atoms with E-state index in [0.29, 0.717) is 22.6 Å². The number of nitrogens with zero attached hydrogens (tertiary/aromatic N) is 3. The summed E-state index contributed by atoms with van der Waals surface area (Å²) >= 11 is 9.38. The van der Waals surface area contributed by atoms with Crippen molar-refractivity contribution in [1.29, 1.82) is 0 Å². The van der Waals surface area contributed by atoms with E-state index in [4.69, 9.17) is 16.3 Å². The quantitative estimate of drug-likeness (QED) is 0.631. The molecule has 0 aliphatic heterocycles. The van der Waals surface area contributed by atoms with Gasteiger partial charge in [-0.3, -0.25) is 4.98 Å². The molecule has 4 nitrogen and oxygen atoms in total. The lowest BCUT2D eigenvalue weighted by atomic mass is 10.2. The number of halogens is 2. The van der Waals surface area contributed by atoms with Crippen molar-refractivity contribution >= 4 is 27.5 Å². The monoisotopic (exact) mass is 361 g/mol. The van der Waals surface area contributed by atoms with Crippen molar-refractivity contribution < 1.29 is 4.74 Å². The molecule has 0 bridgehead atoms. The fourth-order valence-electron chi connectivity index (χ4n) is 1.73. The van der Waals surface area contributed by atoms with Crippen molar-refractivity contribution in [3.05, 3.63) is 64.5 Å². The molecule has 0 amide bonds. The highest BCUT2D eigenvalue weighted by Crippen LogP contribution is 2.26. The summed E-state index contributed by atoms with van der Waals surface area (Å²) in [4.78, 5) is 12.6. The summed E-state index contributed by atoms with van der Waals surface area (Å²) in [6, 6.07) is 12.9. The van der Waals surface area contributed by atoms with Gasteiger partial charge in [0.15, 0.2) is 5.82 Å². The molecular formula is C15H9BrClN3O. The number of hydrogen-bond donors (Lipinski definition) is 0. The van der Waals surface area contributed by atoms with Crippen molar-refractivity contribution in [1.82, 2.24) is 15.0 Å². The largest absolute Gasteiger partial charge is 0.437 e. The molecule has 2 aromatic heterocycles. The number of hydrogen-bond acceptors (Lipinski definition) is 4. The van der Waals surface area contributed by atoms with Gasteiger partial charge in [-0.25, -0.2) is 4.98 Å². The van der Waals surface area contributed by atoms with Gasteiger partial charge < -0.3 is 4.74 Å². The topological polar surface area (TPSA) is 47.9 Å². The highest BCUT2D eigenvalue weighted by Gasteiger charge is 2.08. The highest BCUT2D eigenvalue weighted by atomic mass is 79.9. The molecule has 0 spiro atoms. The lowest BCUT2D eigenvalue weighted by molar-refractivity contribution is 0.460. The van der Waals surface area contributed by atoms with E-state index in [0.717, 1.165) is 10.0 Å². The second-order valence-electron chi connectivity index (χ2n) is 4.16. The van der Waals surface area contributed by atoms with Gasteiger partial charge in [0.05, 0.1) is 6.20 Å². The Hall–Kier alpha value is -1.98. The van der Waals surface area contributed by atoms with Crippen molar-refractivity contribution in [2.24, 2.45) is 0 Å². The lowest BCUT2D eigenvalue weighted by Crippen LogP contribution is -1.94. The van der Waals surface area contributed by atoms with E-state index in [2.05, 4.69) is 30.9 Å². The van der Waals surface area contributed by atoms with Crippen molar-refractivity contribution in [3.8, 4) is 23.0 Å². The van der Waals surface area contributed by atoms with Crippen LogP contribution in [0.4, 0.5) is 0 Å². The maximum atomic E-state index is 6.04.